The van der Waals surface area contributed by atoms with Crippen LogP contribution in [-0.4, -0.2) is 22.3 Å². The Morgan fingerprint density at radius 1 is 1.32 bits per heavy atom. The highest BCUT2D eigenvalue weighted by Gasteiger charge is 2.17. The van der Waals surface area contributed by atoms with E-state index in [9.17, 15) is 0 Å². The third kappa shape index (κ3) is 4.09. The molecule has 1 heterocycles. The highest BCUT2D eigenvalue weighted by atomic mass is 79.9. The molecule has 19 heavy (non-hydrogen) atoms. The van der Waals surface area contributed by atoms with Crippen LogP contribution in [0.1, 0.15) is 50.5 Å². The standard InChI is InChI=1S/C14H22BrN3S/c1-3-6-11-13(15)14(16-2)18-12(17-11)9-19-10-7-4-5-8-10/h10H,3-9H2,1-2H3,(H,16,17,18). The number of thioether (sulfide) groups is 1. The van der Waals surface area contributed by atoms with Crippen LogP contribution in [0.4, 0.5) is 5.82 Å². The van der Waals surface area contributed by atoms with E-state index in [-0.39, 0.29) is 0 Å². The molecule has 1 saturated carbocycles. The van der Waals surface area contributed by atoms with Gasteiger partial charge in [-0.15, -0.1) is 0 Å². The van der Waals surface area contributed by atoms with Crippen LogP contribution < -0.4 is 5.32 Å². The van der Waals surface area contributed by atoms with E-state index in [0.717, 1.165) is 45.7 Å². The lowest BCUT2D eigenvalue weighted by molar-refractivity contribution is 0.844. The number of halogens is 1. The minimum absolute atomic E-state index is 0.819. The highest BCUT2D eigenvalue weighted by Crippen LogP contribution is 2.32. The van der Waals surface area contributed by atoms with Crippen molar-refractivity contribution in [1.82, 2.24) is 9.97 Å². The number of rotatable bonds is 6. The molecule has 0 aliphatic heterocycles. The highest BCUT2D eigenvalue weighted by molar-refractivity contribution is 9.10. The number of nitrogens with zero attached hydrogens (tertiary/aromatic N) is 2. The molecule has 0 radical (unpaired) electrons. The van der Waals surface area contributed by atoms with E-state index in [1.165, 1.54) is 25.7 Å². The van der Waals surface area contributed by atoms with Crippen LogP contribution in [0.5, 0.6) is 0 Å². The number of aromatic nitrogens is 2. The van der Waals surface area contributed by atoms with Crippen LogP contribution in [0.25, 0.3) is 0 Å². The van der Waals surface area contributed by atoms with E-state index >= 15 is 0 Å². The quantitative estimate of drug-likeness (QED) is 0.830. The molecule has 0 amide bonds. The van der Waals surface area contributed by atoms with Gasteiger partial charge in [0.2, 0.25) is 0 Å². The SMILES string of the molecule is CCCc1nc(CSC2CCCC2)nc(NC)c1Br. The lowest BCUT2D eigenvalue weighted by Crippen LogP contribution is -2.06. The van der Waals surface area contributed by atoms with Crippen molar-refractivity contribution in [3.63, 3.8) is 0 Å². The van der Waals surface area contributed by atoms with Crippen LogP contribution in [0.2, 0.25) is 0 Å². The number of hydrogen-bond acceptors (Lipinski definition) is 4. The van der Waals surface area contributed by atoms with Crippen LogP contribution in [0.3, 0.4) is 0 Å². The summed E-state index contributed by atoms with van der Waals surface area (Å²) in [7, 11) is 1.91. The maximum Gasteiger partial charge on any atom is 0.144 e. The Balaban J connectivity index is 2.07. The fraction of sp³-hybridized carbons (Fsp3) is 0.714. The van der Waals surface area contributed by atoms with Crippen molar-refractivity contribution >= 4 is 33.5 Å². The number of nitrogens with one attached hydrogen (secondary N) is 1. The monoisotopic (exact) mass is 343 g/mol. The van der Waals surface area contributed by atoms with Gasteiger partial charge in [0, 0.05) is 12.3 Å². The van der Waals surface area contributed by atoms with E-state index in [1.54, 1.807) is 0 Å². The topological polar surface area (TPSA) is 37.8 Å². The van der Waals surface area contributed by atoms with Crippen molar-refractivity contribution in [3.8, 4) is 0 Å². The predicted octanol–water partition coefficient (Wildman–Crippen LogP) is 4.41. The summed E-state index contributed by atoms with van der Waals surface area (Å²) in [5.41, 5.74) is 1.13. The van der Waals surface area contributed by atoms with Gasteiger partial charge in [-0.2, -0.15) is 11.8 Å². The summed E-state index contributed by atoms with van der Waals surface area (Å²) in [6.07, 6.45) is 7.61. The second kappa shape index (κ2) is 7.48. The molecule has 1 aromatic rings. The predicted molar refractivity (Wildman–Crippen MR) is 86.8 cm³/mol. The van der Waals surface area contributed by atoms with Crippen molar-refractivity contribution in [2.45, 2.75) is 56.5 Å². The van der Waals surface area contributed by atoms with Gasteiger partial charge in [0.1, 0.15) is 11.6 Å². The molecule has 0 atom stereocenters. The minimum atomic E-state index is 0.819. The molecule has 106 valence electrons. The Kier molecular flexibility index (Phi) is 5.95. The van der Waals surface area contributed by atoms with E-state index in [0.29, 0.717) is 0 Å². The first-order valence-electron chi connectivity index (χ1n) is 7.09. The molecule has 0 unspecified atom stereocenters. The van der Waals surface area contributed by atoms with Gasteiger partial charge < -0.3 is 5.32 Å². The smallest absolute Gasteiger partial charge is 0.144 e. The molecule has 0 aromatic carbocycles. The van der Waals surface area contributed by atoms with E-state index in [1.807, 2.05) is 18.8 Å². The largest absolute Gasteiger partial charge is 0.372 e. The summed E-state index contributed by atoms with van der Waals surface area (Å²) in [6.45, 7) is 2.18. The first-order valence-corrected chi connectivity index (χ1v) is 8.93. The summed E-state index contributed by atoms with van der Waals surface area (Å²) in [4.78, 5) is 9.32. The first-order chi connectivity index (χ1) is 9.24. The van der Waals surface area contributed by atoms with E-state index in [2.05, 4.69) is 33.2 Å². The second-order valence-electron chi connectivity index (χ2n) is 4.97. The van der Waals surface area contributed by atoms with Gasteiger partial charge in [-0.3, -0.25) is 0 Å². The lowest BCUT2D eigenvalue weighted by atomic mass is 10.2. The van der Waals surface area contributed by atoms with Gasteiger partial charge in [-0.25, -0.2) is 9.97 Å². The van der Waals surface area contributed by atoms with Crippen molar-refractivity contribution in [2.75, 3.05) is 12.4 Å². The normalized spacial score (nSPS) is 15.9. The van der Waals surface area contributed by atoms with Gasteiger partial charge in [0.25, 0.3) is 0 Å². The molecular formula is C14H22BrN3S. The van der Waals surface area contributed by atoms with Crippen molar-refractivity contribution in [3.05, 3.63) is 16.0 Å². The van der Waals surface area contributed by atoms with E-state index in [4.69, 9.17) is 4.98 Å². The number of aryl methyl sites for hydroxylation is 1. The molecule has 1 N–H and O–H groups in total. The molecule has 3 nitrogen and oxygen atoms in total. The zero-order chi connectivity index (χ0) is 13.7. The molecular weight excluding hydrogens is 322 g/mol. The van der Waals surface area contributed by atoms with Crippen LogP contribution in [-0.2, 0) is 12.2 Å². The molecule has 0 spiro atoms. The van der Waals surface area contributed by atoms with Gasteiger partial charge in [0.05, 0.1) is 15.9 Å². The Bertz CT molecular complexity index is 419. The second-order valence-corrected chi connectivity index (χ2v) is 7.05. The third-order valence-corrected chi connectivity index (χ3v) is 5.64. The summed E-state index contributed by atoms with van der Waals surface area (Å²) in [5, 5.41) is 3.97. The van der Waals surface area contributed by atoms with Gasteiger partial charge in [-0.05, 0) is 35.2 Å². The number of hydrogen-bond donors (Lipinski definition) is 1. The van der Waals surface area contributed by atoms with Gasteiger partial charge in [-0.1, -0.05) is 26.2 Å². The van der Waals surface area contributed by atoms with Crippen LogP contribution in [0.15, 0.2) is 4.47 Å². The maximum absolute atomic E-state index is 4.71. The van der Waals surface area contributed by atoms with Crippen molar-refractivity contribution in [1.29, 1.82) is 0 Å². The van der Waals surface area contributed by atoms with E-state index < -0.39 is 0 Å². The minimum Gasteiger partial charge on any atom is -0.372 e. The van der Waals surface area contributed by atoms with Crippen molar-refractivity contribution in [2.24, 2.45) is 0 Å². The fourth-order valence-corrected chi connectivity index (χ4v) is 4.18. The zero-order valence-corrected chi connectivity index (χ0v) is 14.1. The first kappa shape index (κ1) is 15.1. The average Bonchev–Trinajstić information content (AvgIpc) is 2.93. The van der Waals surface area contributed by atoms with Gasteiger partial charge >= 0.3 is 0 Å². The molecule has 1 aliphatic rings. The van der Waals surface area contributed by atoms with Crippen LogP contribution >= 0.6 is 27.7 Å². The molecule has 1 fully saturated rings. The van der Waals surface area contributed by atoms with Gasteiger partial charge in [0.15, 0.2) is 0 Å². The maximum atomic E-state index is 4.71. The van der Waals surface area contributed by atoms with Crippen LogP contribution in [0, 0.1) is 0 Å². The van der Waals surface area contributed by atoms with Crippen molar-refractivity contribution < 1.29 is 0 Å². The summed E-state index contributed by atoms with van der Waals surface area (Å²) in [6, 6.07) is 0. The molecule has 0 bridgehead atoms. The summed E-state index contributed by atoms with van der Waals surface area (Å²) in [5.74, 6) is 2.82. The molecule has 1 aromatic heterocycles. The Morgan fingerprint density at radius 3 is 2.68 bits per heavy atom. The third-order valence-electron chi connectivity index (χ3n) is 3.44. The Labute approximate surface area is 128 Å². The summed E-state index contributed by atoms with van der Waals surface area (Å²) >= 11 is 5.62. The lowest BCUT2D eigenvalue weighted by Gasteiger charge is -2.12. The number of anilines is 1. The Morgan fingerprint density at radius 2 is 2.05 bits per heavy atom. The molecule has 2 rings (SSSR count). The molecule has 1 aliphatic carbocycles. The zero-order valence-electron chi connectivity index (χ0n) is 11.7. The summed E-state index contributed by atoms with van der Waals surface area (Å²) < 4.78 is 1.02. The molecule has 5 heteroatoms. The fourth-order valence-electron chi connectivity index (χ4n) is 2.42. The average molecular weight is 344 g/mol. The molecule has 0 saturated heterocycles. The Hall–Kier alpha value is -0.290.